The van der Waals surface area contributed by atoms with E-state index in [1.165, 1.54) is 18.4 Å². The van der Waals surface area contributed by atoms with Gasteiger partial charge in [-0.3, -0.25) is 4.79 Å². The number of carbonyl (C=O) groups excluding carboxylic acids is 2. The van der Waals surface area contributed by atoms with Gasteiger partial charge in [0, 0.05) is 17.4 Å². The van der Waals surface area contributed by atoms with Crippen molar-refractivity contribution in [3.05, 3.63) is 40.3 Å². The van der Waals surface area contributed by atoms with E-state index < -0.39 is 5.97 Å². The molecule has 4 nitrogen and oxygen atoms in total. The largest absolute Gasteiger partial charge is 0.465 e. The lowest BCUT2D eigenvalue weighted by molar-refractivity contribution is -0.115. The number of benzene rings is 1. The summed E-state index contributed by atoms with van der Waals surface area (Å²) in [7, 11) is 1.35. The predicted octanol–water partition coefficient (Wildman–Crippen LogP) is 4.17. The Morgan fingerprint density at radius 3 is 2.59 bits per heavy atom. The van der Waals surface area contributed by atoms with Gasteiger partial charge in [0.05, 0.1) is 7.11 Å². The molecule has 116 valence electrons. The monoisotopic (exact) mass is 317 g/mol. The number of methoxy groups -OCH3 is 1. The number of aryl methyl sites for hydroxylation is 2. The van der Waals surface area contributed by atoms with E-state index in [9.17, 15) is 9.59 Å². The third-order valence-corrected chi connectivity index (χ3v) is 4.33. The average molecular weight is 317 g/mol. The number of hydrogen-bond acceptors (Lipinski definition) is 4. The van der Waals surface area contributed by atoms with Gasteiger partial charge in [0.25, 0.3) is 0 Å². The van der Waals surface area contributed by atoms with Crippen molar-refractivity contribution in [1.29, 1.82) is 0 Å². The number of nitrogens with one attached hydrogen (secondary N) is 1. The Balaban J connectivity index is 2.58. The third kappa shape index (κ3) is 3.20. The minimum Gasteiger partial charge on any atom is -0.465 e. The van der Waals surface area contributed by atoms with Gasteiger partial charge in [0.2, 0.25) is 5.91 Å². The van der Waals surface area contributed by atoms with Gasteiger partial charge in [-0.25, -0.2) is 4.79 Å². The van der Waals surface area contributed by atoms with E-state index in [-0.39, 0.29) is 5.91 Å². The van der Waals surface area contributed by atoms with Crippen molar-refractivity contribution in [2.75, 3.05) is 12.4 Å². The number of amides is 1. The predicted molar refractivity (Wildman–Crippen MR) is 89.5 cm³/mol. The summed E-state index contributed by atoms with van der Waals surface area (Å²) < 4.78 is 4.90. The summed E-state index contributed by atoms with van der Waals surface area (Å²) >= 11 is 1.34. The third-order valence-electron chi connectivity index (χ3n) is 3.44. The minimum atomic E-state index is -0.441. The number of anilines is 1. The lowest BCUT2D eigenvalue weighted by Crippen LogP contribution is -2.12. The Bertz CT molecular complexity index is 719. The Morgan fingerprint density at radius 1 is 1.23 bits per heavy atom. The van der Waals surface area contributed by atoms with E-state index in [2.05, 4.69) is 5.32 Å². The minimum absolute atomic E-state index is 0.125. The quantitative estimate of drug-likeness (QED) is 0.861. The summed E-state index contributed by atoms with van der Waals surface area (Å²) in [6.45, 7) is 5.77. The summed E-state index contributed by atoms with van der Waals surface area (Å²) in [6.07, 6.45) is 0.358. The highest BCUT2D eigenvalue weighted by Crippen LogP contribution is 2.37. The molecule has 0 saturated heterocycles. The summed E-state index contributed by atoms with van der Waals surface area (Å²) in [4.78, 5) is 23.8. The molecule has 5 heteroatoms. The maximum absolute atomic E-state index is 12.2. The van der Waals surface area contributed by atoms with Gasteiger partial charge >= 0.3 is 5.97 Å². The number of thiophene rings is 1. The zero-order chi connectivity index (χ0) is 16.3. The van der Waals surface area contributed by atoms with E-state index in [1.807, 2.05) is 37.4 Å². The number of ether oxygens (including phenoxy) is 1. The highest BCUT2D eigenvalue weighted by Gasteiger charge is 2.22. The van der Waals surface area contributed by atoms with Crippen LogP contribution < -0.4 is 5.32 Å². The van der Waals surface area contributed by atoms with Gasteiger partial charge in [-0.1, -0.05) is 30.7 Å². The zero-order valence-electron chi connectivity index (χ0n) is 13.1. The van der Waals surface area contributed by atoms with Crippen molar-refractivity contribution in [3.63, 3.8) is 0 Å². The molecule has 0 aliphatic rings. The Morgan fingerprint density at radius 2 is 1.95 bits per heavy atom. The fourth-order valence-electron chi connectivity index (χ4n) is 2.19. The van der Waals surface area contributed by atoms with Gasteiger partial charge in [0.1, 0.15) is 10.6 Å². The molecule has 0 atom stereocenters. The van der Waals surface area contributed by atoms with E-state index >= 15 is 0 Å². The van der Waals surface area contributed by atoms with Crippen LogP contribution in [0.3, 0.4) is 0 Å². The average Bonchev–Trinajstić information content (AvgIpc) is 2.92. The molecule has 0 unspecified atom stereocenters. The Kier molecular flexibility index (Phi) is 4.98. The first-order valence-corrected chi connectivity index (χ1v) is 7.93. The van der Waals surface area contributed by atoms with Crippen LogP contribution >= 0.6 is 11.3 Å². The van der Waals surface area contributed by atoms with Crippen LogP contribution in [0.25, 0.3) is 11.1 Å². The van der Waals surface area contributed by atoms with Crippen LogP contribution in [0.15, 0.2) is 23.6 Å². The van der Waals surface area contributed by atoms with Crippen molar-refractivity contribution in [3.8, 4) is 11.1 Å². The maximum atomic E-state index is 12.2. The van der Waals surface area contributed by atoms with Crippen LogP contribution in [-0.2, 0) is 9.53 Å². The normalized spacial score (nSPS) is 10.4. The number of hydrogen-bond donors (Lipinski definition) is 1. The smallest absolute Gasteiger partial charge is 0.341 e. The molecule has 1 heterocycles. The maximum Gasteiger partial charge on any atom is 0.341 e. The van der Waals surface area contributed by atoms with Gasteiger partial charge in [-0.15, -0.1) is 11.3 Å². The molecule has 22 heavy (non-hydrogen) atoms. The lowest BCUT2D eigenvalue weighted by Gasteiger charge is -2.10. The van der Waals surface area contributed by atoms with Crippen molar-refractivity contribution in [2.45, 2.75) is 27.2 Å². The molecule has 1 aromatic carbocycles. The highest BCUT2D eigenvalue weighted by molar-refractivity contribution is 7.15. The molecule has 0 spiro atoms. The molecule has 2 aromatic rings. The Hall–Kier alpha value is -2.14. The second-order valence-corrected chi connectivity index (χ2v) is 5.94. The van der Waals surface area contributed by atoms with Crippen molar-refractivity contribution < 1.29 is 14.3 Å². The van der Waals surface area contributed by atoms with Gasteiger partial charge in [-0.2, -0.15) is 0 Å². The van der Waals surface area contributed by atoms with Crippen LogP contribution in [0, 0.1) is 13.8 Å². The molecule has 0 bridgehead atoms. The highest BCUT2D eigenvalue weighted by atomic mass is 32.1. The molecule has 1 N–H and O–H groups in total. The van der Waals surface area contributed by atoms with Crippen LogP contribution in [0.4, 0.5) is 5.00 Å². The van der Waals surface area contributed by atoms with E-state index in [0.717, 1.165) is 22.3 Å². The SMILES string of the molecule is CCC(=O)Nc1scc(-c2cc(C)ccc2C)c1C(=O)OC. The van der Waals surface area contributed by atoms with Gasteiger partial charge < -0.3 is 10.1 Å². The standard InChI is InChI=1S/C17H19NO3S/c1-5-14(19)18-16-15(17(20)21-4)13(9-22-16)12-8-10(2)6-7-11(12)3/h6-9H,5H2,1-4H3,(H,18,19). The first kappa shape index (κ1) is 16.2. The van der Waals surface area contributed by atoms with E-state index in [4.69, 9.17) is 4.74 Å². The molecular formula is C17H19NO3S. The summed E-state index contributed by atoms with van der Waals surface area (Å²) in [5.74, 6) is -0.567. The molecule has 0 aliphatic heterocycles. The molecule has 0 aliphatic carbocycles. The second kappa shape index (κ2) is 6.75. The van der Waals surface area contributed by atoms with Crippen molar-refractivity contribution in [2.24, 2.45) is 0 Å². The molecule has 0 saturated carbocycles. The second-order valence-electron chi connectivity index (χ2n) is 5.07. The summed E-state index contributed by atoms with van der Waals surface area (Å²) in [5.41, 5.74) is 4.38. The van der Waals surface area contributed by atoms with Crippen LogP contribution in [0.1, 0.15) is 34.8 Å². The molecule has 0 fully saturated rings. The fraction of sp³-hybridized carbons (Fsp3) is 0.294. The van der Waals surface area contributed by atoms with Crippen molar-refractivity contribution in [1.82, 2.24) is 0 Å². The summed E-state index contributed by atoms with van der Waals surface area (Å²) in [6, 6.07) is 6.09. The molecule has 1 amide bonds. The topological polar surface area (TPSA) is 55.4 Å². The van der Waals surface area contributed by atoms with Gasteiger partial charge in [0.15, 0.2) is 0 Å². The molecule has 1 aromatic heterocycles. The first-order chi connectivity index (χ1) is 10.5. The number of carbonyl (C=O) groups is 2. The zero-order valence-corrected chi connectivity index (χ0v) is 14.0. The fourth-order valence-corrected chi connectivity index (χ4v) is 3.16. The van der Waals surface area contributed by atoms with E-state index in [1.54, 1.807) is 6.92 Å². The first-order valence-electron chi connectivity index (χ1n) is 7.05. The molecule has 0 radical (unpaired) electrons. The number of esters is 1. The number of rotatable bonds is 4. The van der Waals surface area contributed by atoms with Crippen LogP contribution in [0.5, 0.6) is 0 Å². The molecular weight excluding hydrogens is 298 g/mol. The van der Waals surface area contributed by atoms with Gasteiger partial charge in [-0.05, 0) is 25.0 Å². The summed E-state index contributed by atoms with van der Waals surface area (Å²) in [5, 5.41) is 5.20. The lowest BCUT2D eigenvalue weighted by atomic mass is 9.97. The van der Waals surface area contributed by atoms with Crippen molar-refractivity contribution >= 4 is 28.2 Å². The van der Waals surface area contributed by atoms with Crippen LogP contribution in [0.2, 0.25) is 0 Å². The van der Waals surface area contributed by atoms with Crippen LogP contribution in [-0.4, -0.2) is 19.0 Å². The van der Waals surface area contributed by atoms with E-state index in [0.29, 0.717) is 17.0 Å². The Labute approximate surface area is 134 Å². The molecule has 2 rings (SSSR count).